The van der Waals surface area contributed by atoms with Gasteiger partial charge in [-0.3, -0.25) is 20.0 Å². The second-order valence-electron chi connectivity index (χ2n) is 2.90. The van der Waals surface area contributed by atoms with Crippen molar-refractivity contribution >= 4 is 19.8 Å². The third kappa shape index (κ3) is 25.2. The van der Waals surface area contributed by atoms with Crippen molar-refractivity contribution in [2.75, 3.05) is 6.54 Å². The van der Waals surface area contributed by atoms with Crippen LogP contribution in [0.2, 0.25) is 0 Å². The van der Waals surface area contributed by atoms with E-state index in [-0.39, 0.29) is 5.96 Å². The van der Waals surface area contributed by atoms with Gasteiger partial charge in [0.1, 0.15) is 6.04 Å². The van der Waals surface area contributed by atoms with E-state index >= 15 is 0 Å². The van der Waals surface area contributed by atoms with E-state index in [0.29, 0.717) is 19.4 Å². The molecule has 0 heterocycles. The molecule has 0 rings (SSSR count). The van der Waals surface area contributed by atoms with Crippen LogP contribution in [-0.4, -0.2) is 39.4 Å². The lowest BCUT2D eigenvalue weighted by Crippen LogP contribution is -2.34. The lowest BCUT2D eigenvalue weighted by molar-refractivity contribution is -0.138. The third-order valence-corrected chi connectivity index (χ3v) is 1.32. The summed E-state index contributed by atoms with van der Waals surface area (Å²) in [6.07, 6.45) is 0.975. The molecule has 17 heavy (non-hydrogen) atoms. The van der Waals surface area contributed by atoms with Gasteiger partial charge in [-0.15, -0.1) is 4.20 Å². The number of nitrogens with two attached hydrogens (primary N) is 2. The number of rotatable bonds is 5. The number of hydrogen-bond acceptors (Lipinski definition) is 4. The van der Waals surface area contributed by atoms with Gasteiger partial charge in [0.2, 0.25) is 0 Å². The highest BCUT2D eigenvalue weighted by Crippen LogP contribution is 2.34. The summed E-state index contributed by atoms with van der Waals surface area (Å²) in [6.45, 7) is 0.482. The quantitative estimate of drug-likeness (QED) is 0.140. The van der Waals surface area contributed by atoms with Crippen LogP contribution in [-0.2, 0) is 9.36 Å². The topological polar surface area (TPSA) is 183 Å². The number of carboxylic acid groups (broad SMARTS) is 1. The molecule has 0 amide bonds. The van der Waals surface area contributed by atoms with Crippen LogP contribution < -0.4 is 16.8 Å². The molecule has 0 aliphatic carbocycles. The molecule has 0 bridgehead atoms. The largest absolute Gasteiger partial charge is 0.507 e. The molecule has 0 aliphatic rings. The van der Waals surface area contributed by atoms with Crippen molar-refractivity contribution in [2.45, 2.75) is 18.9 Å². The van der Waals surface area contributed by atoms with Gasteiger partial charge in [-0.1, -0.05) is 0 Å². The summed E-state index contributed by atoms with van der Waals surface area (Å²) < 4.78 is 19.0. The summed E-state index contributed by atoms with van der Waals surface area (Å²) in [6, 6.07) is -0.821. The van der Waals surface area contributed by atoms with E-state index in [1.807, 2.05) is 0 Å². The third-order valence-electron chi connectivity index (χ3n) is 1.32. The van der Waals surface area contributed by atoms with Gasteiger partial charge in [0.25, 0.3) is 0 Å². The molecule has 0 saturated heterocycles. The second kappa shape index (κ2) is 8.88. The van der Waals surface area contributed by atoms with Crippen LogP contribution in [0, 0.1) is 5.41 Å². The molecular weight excluding hydrogens is 258 g/mol. The SMILES string of the molecule is N=C(N)NCCCC(N)C(=O)O.O=P(O)(O)F. The summed E-state index contributed by atoms with van der Waals surface area (Å²) in [5.41, 5.74) is 10.2. The molecule has 0 aliphatic heterocycles. The first-order valence-corrected chi connectivity index (χ1v) is 5.86. The number of aliphatic carboxylic acids is 1. The number of nitrogens with one attached hydrogen (secondary N) is 2. The molecule has 0 aromatic heterocycles. The first-order valence-electron chi connectivity index (χ1n) is 4.35. The predicted molar refractivity (Wildman–Crippen MR) is 57.9 cm³/mol. The first-order chi connectivity index (χ1) is 7.54. The molecule has 0 saturated carbocycles. The van der Waals surface area contributed by atoms with Crippen LogP contribution in [0.1, 0.15) is 12.8 Å². The van der Waals surface area contributed by atoms with Crippen molar-refractivity contribution in [2.24, 2.45) is 11.5 Å². The van der Waals surface area contributed by atoms with Crippen LogP contribution in [0.25, 0.3) is 0 Å². The van der Waals surface area contributed by atoms with Crippen molar-refractivity contribution in [3.8, 4) is 0 Å². The Morgan fingerprint density at radius 1 is 1.53 bits per heavy atom. The second-order valence-corrected chi connectivity index (χ2v) is 3.85. The Kier molecular flexibility index (Phi) is 9.48. The molecule has 1 unspecified atom stereocenters. The summed E-state index contributed by atoms with van der Waals surface area (Å²) in [7, 11) is -5.14. The highest BCUT2D eigenvalue weighted by molar-refractivity contribution is 7.45. The Bertz CT molecular complexity index is 288. The molecule has 0 spiro atoms. The Balaban J connectivity index is 0. The van der Waals surface area contributed by atoms with Gasteiger partial charge in [0.05, 0.1) is 0 Å². The average molecular weight is 274 g/mol. The molecule has 0 fully saturated rings. The van der Waals surface area contributed by atoms with Crippen LogP contribution in [0.15, 0.2) is 0 Å². The Morgan fingerprint density at radius 3 is 2.24 bits per heavy atom. The highest BCUT2D eigenvalue weighted by atomic mass is 31.2. The van der Waals surface area contributed by atoms with E-state index in [2.05, 4.69) is 5.32 Å². The maximum absolute atomic E-state index is 10.4. The molecule has 1 atom stereocenters. The van der Waals surface area contributed by atoms with Crippen LogP contribution in [0.4, 0.5) is 4.20 Å². The van der Waals surface area contributed by atoms with E-state index < -0.39 is 19.9 Å². The van der Waals surface area contributed by atoms with Crippen LogP contribution in [0.5, 0.6) is 0 Å². The van der Waals surface area contributed by atoms with Gasteiger partial charge in [-0.25, -0.2) is 4.57 Å². The van der Waals surface area contributed by atoms with Gasteiger partial charge in [0.15, 0.2) is 5.96 Å². The van der Waals surface area contributed by atoms with Gasteiger partial charge in [0, 0.05) is 6.54 Å². The molecule has 102 valence electrons. The maximum atomic E-state index is 10.4. The lowest BCUT2D eigenvalue weighted by atomic mass is 10.2. The van der Waals surface area contributed by atoms with E-state index in [4.69, 9.17) is 36.3 Å². The van der Waals surface area contributed by atoms with Crippen LogP contribution >= 0.6 is 7.91 Å². The molecular formula is C6H16FN4O5P. The molecule has 0 aromatic rings. The first kappa shape index (κ1) is 18.2. The molecule has 0 radical (unpaired) electrons. The smallest absolute Gasteiger partial charge is 0.480 e. The standard InChI is InChI=1S/C6H14N4O2.FH2O3P/c7-4(5(11)12)2-1-3-10-6(8)9;1-5(2,3)4/h4H,1-3,7H2,(H,11,12)(H4,8,9,10);(H2,2,3,4). The Morgan fingerprint density at radius 2 is 1.94 bits per heavy atom. The molecule has 0 aromatic carbocycles. The molecule has 9 nitrogen and oxygen atoms in total. The van der Waals surface area contributed by atoms with E-state index in [0.717, 1.165) is 0 Å². The zero-order valence-electron chi connectivity index (χ0n) is 8.84. The van der Waals surface area contributed by atoms with Crippen LogP contribution in [0.3, 0.4) is 0 Å². The minimum absolute atomic E-state index is 0.112. The normalized spacial score (nSPS) is 12.0. The van der Waals surface area contributed by atoms with Gasteiger partial charge >= 0.3 is 13.9 Å². The monoisotopic (exact) mass is 274 g/mol. The van der Waals surface area contributed by atoms with Gasteiger partial charge < -0.3 is 21.9 Å². The number of hydrogen-bond donors (Lipinski definition) is 7. The van der Waals surface area contributed by atoms with Crippen molar-refractivity contribution in [3.05, 3.63) is 0 Å². The fraction of sp³-hybridized carbons (Fsp3) is 0.667. The van der Waals surface area contributed by atoms with Crippen molar-refractivity contribution in [3.63, 3.8) is 0 Å². The number of guanidine groups is 1. The Hall–Kier alpha value is -1.22. The number of halogens is 1. The highest BCUT2D eigenvalue weighted by Gasteiger charge is 2.09. The van der Waals surface area contributed by atoms with Crippen molar-refractivity contribution in [1.82, 2.24) is 5.32 Å². The average Bonchev–Trinajstić information content (AvgIpc) is 2.08. The van der Waals surface area contributed by atoms with Gasteiger partial charge in [-0.2, -0.15) is 0 Å². The van der Waals surface area contributed by atoms with Crippen molar-refractivity contribution < 1.29 is 28.4 Å². The number of carbonyl (C=O) groups is 1. The maximum Gasteiger partial charge on any atom is 0.507 e. The summed E-state index contributed by atoms with van der Waals surface area (Å²) in [5, 5.41) is 17.7. The van der Waals surface area contributed by atoms with Crippen molar-refractivity contribution in [1.29, 1.82) is 5.41 Å². The fourth-order valence-corrected chi connectivity index (χ4v) is 0.669. The summed E-state index contributed by atoms with van der Waals surface area (Å²) >= 11 is 0. The Labute approximate surface area is 96.8 Å². The predicted octanol–water partition coefficient (Wildman–Crippen LogP) is -1.29. The van der Waals surface area contributed by atoms with E-state index in [1.165, 1.54) is 0 Å². The minimum atomic E-state index is -5.14. The number of carboxylic acids is 1. The molecule has 9 N–H and O–H groups in total. The summed E-state index contributed by atoms with van der Waals surface area (Å²) in [5.74, 6) is -1.11. The minimum Gasteiger partial charge on any atom is -0.480 e. The van der Waals surface area contributed by atoms with Gasteiger partial charge in [-0.05, 0) is 12.8 Å². The lowest BCUT2D eigenvalue weighted by Gasteiger charge is -2.06. The molecule has 11 heteroatoms. The fourth-order valence-electron chi connectivity index (χ4n) is 0.669. The van der Waals surface area contributed by atoms with E-state index in [9.17, 15) is 8.99 Å². The van der Waals surface area contributed by atoms with E-state index in [1.54, 1.807) is 0 Å². The summed E-state index contributed by atoms with van der Waals surface area (Å²) in [4.78, 5) is 24.1. The zero-order valence-corrected chi connectivity index (χ0v) is 9.73. The zero-order chi connectivity index (χ0) is 14.1.